The molecular weight excluding hydrogens is 378 g/mol. The number of aromatic nitrogens is 2. The summed E-state index contributed by atoms with van der Waals surface area (Å²) in [6, 6.07) is 9.94. The number of fused-ring (bicyclic) bond motifs is 1. The number of carbonyl (C=O) groups is 1. The van der Waals surface area contributed by atoms with E-state index in [1.165, 1.54) is 4.31 Å². The molecule has 2 aromatic heterocycles. The Kier molecular flexibility index (Phi) is 4.88. The molecule has 0 spiro atoms. The van der Waals surface area contributed by atoms with Crippen LogP contribution in [0.4, 0.5) is 0 Å². The fourth-order valence-electron chi connectivity index (χ4n) is 3.33. The highest BCUT2D eigenvalue weighted by atomic mass is 32.2. The van der Waals surface area contributed by atoms with Crippen molar-refractivity contribution >= 4 is 21.6 Å². The van der Waals surface area contributed by atoms with Crippen LogP contribution >= 0.6 is 0 Å². The van der Waals surface area contributed by atoms with Gasteiger partial charge in [0, 0.05) is 31.7 Å². The lowest BCUT2D eigenvalue weighted by Gasteiger charge is -2.18. The van der Waals surface area contributed by atoms with E-state index in [9.17, 15) is 13.2 Å². The van der Waals surface area contributed by atoms with Crippen molar-refractivity contribution in [1.82, 2.24) is 18.7 Å². The van der Waals surface area contributed by atoms with Crippen LogP contribution in [0.5, 0.6) is 0 Å². The average Bonchev–Trinajstić information content (AvgIpc) is 3.39. The van der Waals surface area contributed by atoms with Crippen molar-refractivity contribution in [3.63, 3.8) is 0 Å². The van der Waals surface area contributed by atoms with Gasteiger partial charge in [-0.25, -0.2) is 19.2 Å². The molecule has 146 valence electrons. The highest BCUT2D eigenvalue weighted by Crippen LogP contribution is 2.21. The summed E-state index contributed by atoms with van der Waals surface area (Å²) >= 11 is 0. The van der Waals surface area contributed by atoms with Gasteiger partial charge in [0.2, 0.25) is 10.0 Å². The first-order valence-electron chi connectivity index (χ1n) is 9.03. The van der Waals surface area contributed by atoms with Gasteiger partial charge < -0.3 is 4.40 Å². The lowest BCUT2D eigenvalue weighted by Crippen LogP contribution is -2.36. The number of rotatable bonds is 5. The number of nitrogens with zero attached hydrogens (tertiary/aromatic N) is 4. The first kappa shape index (κ1) is 18.6. The lowest BCUT2D eigenvalue weighted by atomic mass is 10.2. The zero-order chi connectivity index (χ0) is 19.7. The van der Waals surface area contributed by atoms with Crippen LogP contribution in [-0.4, -0.2) is 46.1 Å². The van der Waals surface area contributed by atoms with Gasteiger partial charge in [0.05, 0.1) is 17.0 Å². The second kappa shape index (κ2) is 7.34. The van der Waals surface area contributed by atoms with Gasteiger partial charge in [-0.15, -0.1) is 0 Å². The first-order valence-corrected chi connectivity index (χ1v) is 10.5. The molecule has 0 radical (unpaired) electrons. The molecule has 9 heteroatoms. The lowest BCUT2D eigenvalue weighted by molar-refractivity contribution is 0.0742. The van der Waals surface area contributed by atoms with Crippen molar-refractivity contribution in [3.05, 3.63) is 66.1 Å². The standard InChI is InChI=1S/C19H21N5O3S/c20-24(19(25)16-5-8-18-21-9-12-22(18)14-16)13-15-3-6-17(7-4-15)28(26,27)23-10-1-2-11-23/h3-9,12,14H,1-2,10-11,13,20H2. The molecule has 0 unspecified atom stereocenters. The third kappa shape index (κ3) is 3.51. The smallest absolute Gasteiger partial charge is 0.269 e. The molecule has 1 saturated heterocycles. The largest absolute Gasteiger partial charge is 0.306 e. The molecular formula is C19H21N5O3S. The number of hydrogen-bond acceptors (Lipinski definition) is 5. The zero-order valence-corrected chi connectivity index (χ0v) is 16.0. The number of carbonyl (C=O) groups excluding carboxylic acids is 1. The second-order valence-corrected chi connectivity index (χ2v) is 8.74. The van der Waals surface area contributed by atoms with Crippen molar-refractivity contribution in [2.45, 2.75) is 24.3 Å². The van der Waals surface area contributed by atoms with E-state index in [1.54, 1.807) is 59.4 Å². The number of hydrazine groups is 1. The Hall–Kier alpha value is -2.75. The maximum atomic E-state index is 12.6. The highest BCUT2D eigenvalue weighted by Gasteiger charge is 2.27. The van der Waals surface area contributed by atoms with Crippen LogP contribution < -0.4 is 5.84 Å². The van der Waals surface area contributed by atoms with E-state index in [0.717, 1.165) is 29.1 Å². The predicted octanol–water partition coefficient (Wildman–Crippen LogP) is 1.63. The summed E-state index contributed by atoms with van der Waals surface area (Å²) in [5, 5.41) is 1.11. The fourth-order valence-corrected chi connectivity index (χ4v) is 4.84. The normalized spacial score (nSPS) is 15.2. The molecule has 0 aliphatic carbocycles. The minimum Gasteiger partial charge on any atom is -0.306 e. The quantitative estimate of drug-likeness (QED) is 0.399. The third-order valence-electron chi connectivity index (χ3n) is 4.88. The van der Waals surface area contributed by atoms with Gasteiger partial charge in [-0.05, 0) is 42.7 Å². The van der Waals surface area contributed by atoms with Crippen LogP contribution in [0.2, 0.25) is 0 Å². The topological polar surface area (TPSA) is 101 Å². The van der Waals surface area contributed by atoms with Gasteiger partial charge in [0.15, 0.2) is 0 Å². The van der Waals surface area contributed by atoms with Crippen LogP contribution in [0.15, 0.2) is 59.9 Å². The summed E-state index contributed by atoms with van der Waals surface area (Å²) in [7, 11) is -3.45. The molecule has 3 heterocycles. The minimum atomic E-state index is -3.45. The maximum Gasteiger partial charge on any atom is 0.269 e. The van der Waals surface area contributed by atoms with Crippen LogP contribution in [0, 0.1) is 0 Å². The number of benzene rings is 1. The Morgan fingerprint density at radius 2 is 1.82 bits per heavy atom. The molecule has 1 aliphatic heterocycles. The van der Waals surface area contributed by atoms with E-state index in [2.05, 4.69) is 4.98 Å². The van der Waals surface area contributed by atoms with E-state index in [1.807, 2.05) is 0 Å². The monoisotopic (exact) mass is 399 g/mol. The molecule has 0 saturated carbocycles. The number of pyridine rings is 1. The number of imidazole rings is 1. The molecule has 0 atom stereocenters. The highest BCUT2D eigenvalue weighted by molar-refractivity contribution is 7.89. The number of nitrogens with two attached hydrogens (primary N) is 1. The Labute approximate surface area is 163 Å². The van der Waals surface area contributed by atoms with Gasteiger partial charge in [-0.2, -0.15) is 4.31 Å². The van der Waals surface area contributed by atoms with Gasteiger partial charge in [-0.1, -0.05) is 12.1 Å². The molecule has 2 N–H and O–H groups in total. The SMILES string of the molecule is NN(Cc1ccc(S(=O)(=O)N2CCCC2)cc1)C(=O)c1ccc2nccn2c1. The van der Waals surface area contributed by atoms with Crippen molar-refractivity contribution in [2.75, 3.05) is 13.1 Å². The van der Waals surface area contributed by atoms with Gasteiger partial charge >= 0.3 is 0 Å². The molecule has 3 aromatic rings. The van der Waals surface area contributed by atoms with E-state index < -0.39 is 10.0 Å². The van der Waals surface area contributed by atoms with Gasteiger partial charge in [0.25, 0.3) is 5.91 Å². The third-order valence-corrected chi connectivity index (χ3v) is 6.79. The van der Waals surface area contributed by atoms with Crippen LogP contribution in [0.3, 0.4) is 0 Å². The van der Waals surface area contributed by atoms with Crippen LogP contribution in [-0.2, 0) is 16.6 Å². The molecule has 1 amide bonds. The van der Waals surface area contributed by atoms with Crippen molar-refractivity contribution in [3.8, 4) is 0 Å². The van der Waals surface area contributed by atoms with Crippen LogP contribution in [0.25, 0.3) is 5.65 Å². The molecule has 1 aromatic carbocycles. The average molecular weight is 399 g/mol. The summed E-state index contributed by atoms with van der Waals surface area (Å²) in [5.41, 5.74) is 1.94. The number of hydrogen-bond donors (Lipinski definition) is 1. The molecule has 1 aliphatic rings. The predicted molar refractivity (Wildman–Crippen MR) is 104 cm³/mol. The fraction of sp³-hybridized carbons (Fsp3) is 0.263. The minimum absolute atomic E-state index is 0.171. The molecule has 0 bridgehead atoms. The van der Waals surface area contributed by atoms with E-state index in [-0.39, 0.29) is 17.3 Å². The molecule has 4 rings (SSSR count). The molecule has 8 nitrogen and oxygen atoms in total. The summed E-state index contributed by atoms with van der Waals surface area (Å²) in [4.78, 5) is 17.0. The molecule has 28 heavy (non-hydrogen) atoms. The zero-order valence-electron chi connectivity index (χ0n) is 15.2. The van der Waals surface area contributed by atoms with Gasteiger partial charge in [-0.3, -0.25) is 9.80 Å². The van der Waals surface area contributed by atoms with Crippen molar-refractivity contribution in [2.24, 2.45) is 5.84 Å². The summed E-state index contributed by atoms with van der Waals surface area (Å²) < 4.78 is 28.4. The number of amides is 1. The van der Waals surface area contributed by atoms with Gasteiger partial charge in [0.1, 0.15) is 5.65 Å². The second-order valence-electron chi connectivity index (χ2n) is 6.80. The number of sulfonamides is 1. The van der Waals surface area contributed by atoms with Crippen molar-refractivity contribution in [1.29, 1.82) is 0 Å². The first-order chi connectivity index (χ1) is 13.4. The van der Waals surface area contributed by atoms with E-state index in [0.29, 0.717) is 18.7 Å². The maximum absolute atomic E-state index is 12.6. The Morgan fingerprint density at radius 1 is 1.11 bits per heavy atom. The molecule has 1 fully saturated rings. The van der Waals surface area contributed by atoms with E-state index >= 15 is 0 Å². The summed E-state index contributed by atoms with van der Waals surface area (Å²) in [6.07, 6.45) is 6.88. The Morgan fingerprint density at radius 3 is 2.54 bits per heavy atom. The van der Waals surface area contributed by atoms with E-state index in [4.69, 9.17) is 5.84 Å². The Balaban J connectivity index is 1.46. The summed E-state index contributed by atoms with van der Waals surface area (Å²) in [5.74, 6) is 5.63. The Bertz CT molecular complexity index is 1100. The van der Waals surface area contributed by atoms with Crippen molar-refractivity contribution < 1.29 is 13.2 Å². The van der Waals surface area contributed by atoms with Crippen LogP contribution in [0.1, 0.15) is 28.8 Å². The summed E-state index contributed by atoms with van der Waals surface area (Å²) in [6.45, 7) is 1.30.